The van der Waals surface area contributed by atoms with Gasteiger partial charge in [0.2, 0.25) is 5.91 Å². The summed E-state index contributed by atoms with van der Waals surface area (Å²) in [4.78, 5) is 14.4. The molecule has 0 spiro atoms. The highest BCUT2D eigenvalue weighted by Gasteiger charge is 2.12. The number of nitrogens with zero attached hydrogens (tertiary/aromatic N) is 1. The van der Waals surface area contributed by atoms with E-state index in [-0.39, 0.29) is 5.91 Å². The van der Waals surface area contributed by atoms with Crippen molar-refractivity contribution in [2.45, 2.75) is 27.3 Å². The van der Waals surface area contributed by atoms with Gasteiger partial charge in [0.25, 0.3) is 0 Å². The number of methoxy groups -OCH3 is 2. The minimum atomic E-state index is -0.0250. The number of benzene rings is 2. The number of hydrogen-bond donors (Lipinski definition) is 1. The number of hydrogen-bond acceptors (Lipinski definition) is 4. The summed E-state index contributed by atoms with van der Waals surface area (Å²) in [6.45, 7) is 7.04. The van der Waals surface area contributed by atoms with E-state index in [4.69, 9.17) is 9.47 Å². The van der Waals surface area contributed by atoms with Crippen LogP contribution in [0.4, 0.5) is 5.69 Å². The Morgan fingerprint density at radius 2 is 1.62 bits per heavy atom. The molecule has 2 aromatic rings. The molecule has 140 valence electrons. The molecule has 0 bridgehead atoms. The zero-order valence-electron chi connectivity index (χ0n) is 16.5. The van der Waals surface area contributed by atoms with Crippen LogP contribution in [-0.2, 0) is 11.3 Å². The Morgan fingerprint density at radius 1 is 1.00 bits per heavy atom. The van der Waals surface area contributed by atoms with E-state index in [2.05, 4.69) is 24.4 Å². The minimum Gasteiger partial charge on any atom is -0.493 e. The number of nitrogens with one attached hydrogen (secondary N) is 1. The summed E-state index contributed by atoms with van der Waals surface area (Å²) in [5.41, 5.74) is 5.32. The standard InChI is InChI=1S/C21H28N2O3/c1-14-9-15(2)21(16(3)10-14)22-20(24)13-23(4)12-17-7-8-18(25-5)19(11-17)26-6/h7-11H,12-13H2,1-6H3,(H,22,24). The molecule has 0 aliphatic heterocycles. The van der Waals surface area contributed by atoms with Crippen LogP contribution in [-0.4, -0.2) is 38.6 Å². The molecular weight excluding hydrogens is 328 g/mol. The first kappa shape index (κ1) is 19.8. The Kier molecular flexibility index (Phi) is 6.64. The predicted molar refractivity (Wildman–Crippen MR) is 105 cm³/mol. The van der Waals surface area contributed by atoms with Crippen molar-refractivity contribution in [3.63, 3.8) is 0 Å². The van der Waals surface area contributed by atoms with E-state index in [0.29, 0.717) is 24.6 Å². The van der Waals surface area contributed by atoms with Gasteiger partial charge in [0.15, 0.2) is 11.5 Å². The van der Waals surface area contributed by atoms with Gasteiger partial charge >= 0.3 is 0 Å². The van der Waals surface area contributed by atoms with Crippen LogP contribution in [0.25, 0.3) is 0 Å². The van der Waals surface area contributed by atoms with E-state index in [1.54, 1.807) is 14.2 Å². The van der Waals surface area contributed by atoms with Gasteiger partial charge in [0.1, 0.15) is 0 Å². The van der Waals surface area contributed by atoms with Crippen molar-refractivity contribution in [1.82, 2.24) is 4.90 Å². The van der Waals surface area contributed by atoms with E-state index < -0.39 is 0 Å². The Bertz CT molecular complexity index is 764. The summed E-state index contributed by atoms with van der Waals surface area (Å²) >= 11 is 0. The van der Waals surface area contributed by atoms with Crippen LogP contribution >= 0.6 is 0 Å². The average molecular weight is 356 g/mol. The Hall–Kier alpha value is -2.53. The molecule has 0 aromatic heterocycles. The van der Waals surface area contributed by atoms with Gasteiger partial charge in [-0.2, -0.15) is 0 Å². The first-order valence-corrected chi connectivity index (χ1v) is 8.61. The summed E-state index contributed by atoms with van der Waals surface area (Å²) in [6, 6.07) is 9.94. The molecule has 1 amide bonds. The van der Waals surface area contributed by atoms with Gasteiger partial charge in [0.05, 0.1) is 20.8 Å². The lowest BCUT2D eigenvalue weighted by Crippen LogP contribution is -2.30. The van der Waals surface area contributed by atoms with Crippen LogP contribution in [0.2, 0.25) is 0 Å². The van der Waals surface area contributed by atoms with Crippen LogP contribution < -0.4 is 14.8 Å². The van der Waals surface area contributed by atoms with Crippen molar-refractivity contribution in [2.24, 2.45) is 0 Å². The summed E-state index contributed by atoms with van der Waals surface area (Å²) in [5, 5.41) is 3.04. The predicted octanol–water partition coefficient (Wildman–Crippen LogP) is 3.70. The highest BCUT2D eigenvalue weighted by atomic mass is 16.5. The molecule has 0 unspecified atom stereocenters. The van der Waals surface area contributed by atoms with Crippen molar-refractivity contribution in [3.05, 3.63) is 52.6 Å². The van der Waals surface area contributed by atoms with E-state index in [9.17, 15) is 4.79 Å². The molecule has 2 rings (SSSR count). The lowest BCUT2D eigenvalue weighted by Gasteiger charge is -2.19. The second kappa shape index (κ2) is 8.72. The molecule has 0 heterocycles. The second-order valence-corrected chi connectivity index (χ2v) is 6.68. The minimum absolute atomic E-state index is 0.0250. The van der Waals surface area contributed by atoms with E-state index in [1.807, 2.05) is 44.0 Å². The molecule has 0 radical (unpaired) electrons. The molecule has 1 N–H and O–H groups in total. The van der Waals surface area contributed by atoms with Crippen LogP contribution in [0.3, 0.4) is 0 Å². The van der Waals surface area contributed by atoms with Gasteiger partial charge in [-0.15, -0.1) is 0 Å². The van der Waals surface area contributed by atoms with Crippen LogP contribution in [0, 0.1) is 20.8 Å². The van der Waals surface area contributed by atoms with Gasteiger partial charge in [-0.3, -0.25) is 9.69 Å². The Balaban J connectivity index is 1.99. The number of carbonyl (C=O) groups excluding carboxylic acids is 1. The molecule has 5 nitrogen and oxygen atoms in total. The molecule has 5 heteroatoms. The third-order valence-electron chi connectivity index (χ3n) is 4.26. The summed E-state index contributed by atoms with van der Waals surface area (Å²) in [7, 11) is 5.15. The molecular formula is C21H28N2O3. The number of rotatable bonds is 7. The normalized spacial score (nSPS) is 10.7. The molecule has 2 aromatic carbocycles. The fourth-order valence-electron chi connectivity index (χ4n) is 3.15. The maximum absolute atomic E-state index is 12.4. The van der Waals surface area contributed by atoms with Crippen LogP contribution in [0.15, 0.2) is 30.3 Å². The van der Waals surface area contributed by atoms with E-state index in [0.717, 1.165) is 22.4 Å². The second-order valence-electron chi connectivity index (χ2n) is 6.68. The number of ether oxygens (including phenoxy) is 2. The molecule has 0 saturated heterocycles. The molecule has 26 heavy (non-hydrogen) atoms. The monoisotopic (exact) mass is 356 g/mol. The first-order chi connectivity index (χ1) is 12.3. The molecule has 0 atom stereocenters. The Labute approximate surface area is 155 Å². The Morgan fingerprint density at radius 3 is 2.19 bits per heavy atom. The number of carbonyl (C=O) groups is 1. The summed E-state index contributed by atoms with van der Waals surface area (Å²) in [5.74, 6) is 1.36. The lowest BCUT2D eigenvalue weighted by atomic mass is 10.1. The van der Waals surface area contributed by atoms with Crippen molar-refractivity contribution >= 4 is 11.6 Å². The fourth-order valence-corrected chi connectivity index (χ4v) is 3.15. The topological polar surface area (TPSA) is 50.8 Å². The van der Waals surface area contributed by atoms with E-state index >= 15 is 0 Å². The highest BCUT2D eigenvalue weighted by Crippen LogP contribution is 2.28. The zero-order valence-corrected chi connectivity index (χ0v) is 16.5. The number of amides is 1. The fraction of sp³-hybridized carbons (Fsp3) is 0.381. The van der Waals surface area contributed by atoms with Gasteiger partial charge in [-0.05, 0) is 56.6 Å². The molecule has 0 aliphatic rings. The highest BCUT2D eigenvalue weighted by molar-refractivity contribution is 5.93. The SMILES string of the molecule is COc1ccc(CN(C)CC(=O)Nc2c(C)cc(C)cc2C)cc1OC. The van der Waals surface area contributed by atoms with Crippen molar-refractivity contribution in [2.75, 3.05) is 33.1 Å². The zero-order chi connectivity index (χ0) is 19.3. The van der Waals surface area contributed by atoms with Crippen molar-refractivity contribution in [1.29, 1.82) is 0 Å². The third kappa shape index (κ3) is 4.99. The van der Waals surface area contributed by atoms with Crippen molar-refractivity contribution < 1.29 is 14.3 Å². The van der Waals surface area contributed by atoms with Gasteiger partial charge in [-0.25, -0.2) is 0 Å². The lowest BCUT2D eigenvalue weighted by molar-refractivity contribution is -0.117. The van der Waals surface area contributed by atoms with Gasteiger partial charge < -0.3 is 14.8 Å². The van der Waals surface area contributed by atoms with Crippen molar-refractivity contribution in [3.8, 4) is 11.5 Å². The van der Waals surface area contributed by atoms with Crippen LogP contribution in [0.1, 0.15) is 22.3 Å². The number of aryl methyl sites for hydroxylation is 3. The molecule has 0 fully saturated rings. The van der Waals surface area contributed by atoms with E-state index in [1.165, 1.54) is 5.56 Å². The van der Waals surface area contributed by atoms with Crippen LogP contribution in [0.5, 0.6) is 11.5 Å². The largest absolute Gasteiger partial charge is 0.493 e. The first-order valence-electron chi connectivity index (χ1n) is 8.61. The molecule has 0 aliphatic carbocycles. The average Bonchev–Trinajstić information content (AvgIpc) is 2.57. The van der Waals surface area contributed by atoms with Gasteiger partial charge in [0, 0.05) is 12.2 Å². The maximum atomic E-state index is 12.4. The van der Waals surface area contributed by atoms with Gasteiger partial charge in [-0.1, -0.05) is 23.8 Å². The third-order valence-corrected chi connectivity index (χ3v) is 4.26. The molecule has 0 saturated carbocycles. The number of likely N-dealkylation sites (N-methyl/N-ethyl adjacent to an activating group) is 1. The number of anilines is 1. The summed E-state index contributed by atoms with van der Waals surface area (Å²) in [6.07, 6.45) is 0. The summed E-state index contributed by atoms with van der Waals surface area (Å²) < 4.78 is 10.6. The smallest absolute Gasteiger partial charge is 0.238 e. The maximum Gasteiger partial charge on any atom is 0.238 e. The quantitative estimate of drug-likeness (QED) is 0.822.